The zero-order valence-corrected chi connectivity index (χ0v) is 6.13. The standard InChI is InChI=1S/C8H14O/c1-8(2)6-4-3-5-7-9/h3-4,7-8H,5-6H2,1-2H3/b4-3+. The lowest BCUT2D eigenvalue weighted by atomic mass is 10.1. The number of carbonyl (C=O) groups excluding carboxylic acids is 1. The molecule has 0 N–H and O–H groups in total. The van der Waals surface area contributed by atoms with Crippen LogP contribution in [-0.2, 0) is 4.79 Å². The summed E-state index contributed by atoms with van der Waals surface area (Å²) in [6, 6.07) is 0. The van der Waals surface area contributed by atoms with E-state index in [1.54, 1.807) is 0 Å². The molecule has 0 atom stereocenters. The Morgan fingerprint density at radius 3 is 2.44 bits per heavy atom. The second kappa shape index (κ2) is 5.54. The Morgan fingerprint density at radius 1 is 1.33 bits per heavy atom. The average molecular weight is 126 g/mol. The molecule has 0 aromatic carbocycles. The van der Waals surface area contributed by atoms with Crippen molar-refractivity contribution in [3.8, 4) is 0 Å². The van der Waals surface area contributed by atoms with Crippen LogP contribution in [0.1, 0.15) is 26.7 Å². The van der Waals surface area contributed by atoms with Gasteiger partial charge in [0.1, 0.15) is 6.29 Å². The predicted octanol–water partition coefficient (Wildman–Crippen LogP) is 2.18. The lowest BCUT2D eigenvalue weighted by Crippen LogP contribution is -1.80. The first-order chi connectivity index (χ1) is 4.27. The Bertz CT molecular complexity index is 92.7. The van der Waals surface area contributed by atoms with Gasteiger partial charge < -0.3 is 4.79 Å². The Hall–Kier alpha value is -0.590. The van der Waals surface area contributed by atoms with Crippen molar-refractivity contribution in [1.29, 1.82) is 0 Å². The topological polar surface area (TPSA) is 17.1 Å². The number of hydrogen-bond donors (Lipinski definition) is 0. The normalized spacial score (nSPS) is 11.0. The van der Waals surface area contributed by atoms with Gasteiger partial charge in [0.25, 0.3) is 0 Å². The van der Waals surface area contributed by atoms with Crippen molar-refractivity contribution >= 4 is 6.29 Å². The molecule has 0 aliphatic heterocycles. The van der Waals surface area contributed by atoms with Crippen molar-refractivity contribution < 1.29 is 4.79 Å². The highest BCUT2D eigenvalue weighted by Gasteiger charge is 1.85. The Labute approximate surface area is 56.8 Å². The number of hydrogen-bond acceptors (Lipinski definition) is 1. The summed E-state index contributed by atoms with van der Waals surface area (Å²) in [5.41, 5.74) is 0. The molecular formula is C8H14O. The molecule has 0 heterocycles. The number of rotatable bonds is 4. The van der Waals surface area contributed by atoms with E-state index in [0.717, 1.165) is 12.7 Å². The molecule has 0 aliphatic rings. The van der Waals surface area contributed by atoms with Gasteiger partial charge in [0.2, 0.25) is 0 Å². The van der Waals surface area contributed by atoms with Gasteiger partial charge in [-0.25, -0.2) is 0 Å². The maximum atomic E-state index is 9.80. The van der Waals surface area contributed by atoms with Gasteiger partial charge in [0.05, 0.1) is 0 Å². The Morgan fingerprint density at radius 2 is 2.00 bits per heavy atom. The summed E-state index contributed by atoms with van der Waals surface area (Å²) in [6.07, 6.45) is 6.52. The van der Waals surface area contributed by atoms with Crippen LogP contribution in [0.5, 0.6) is 0 Å². The third-order valence-electron chi connectivity index (χ3n) is 1.01. The highest BCUT2D eigenvalue weighted by Crippen LogP contribution is 1.99. The molecule has 0 spiro atoms. The highest BCUT2D eigenvalue weighted by molar-refractivity contribution is 5.51. The third-order valence-corrected chi connectivity index (χ3v) is 1.01. The van der Waals surface area contributed by atoms with Gasteiger partial charge in [-0.15, -0.1) is 0 Å². The van der Waals surface area contributed by atoms with Gasteiger partial charge in [0.15, 0.2) is 0 Å². The molecule has 0 aromatic rings. The van der Waals surface area contributed by atoms with E-state index in [2.05, 4.69) is 19.9 Å². The minimum absolute atomic E-state index is 0.562. The fourth-order valence-corrected chi connectivity index (χ4v) is 0.520. The third kappa shape index (κ3) is 7.41. The van der Waals surface area contributed by atoms with E-state index < -0.39 is 0 Å². The summed E-state index contributed by atoms with van der Waals surface area (Å²) in [7, 11) is 0. The van der Waals surface area contributed by atoms with E-state index in [1.807, 2.05) is 6.08 Å². The molecule has 0 saturated carbocycles. The molecule has 52 valence electrons. The van der Waals surface area contributed by atoms with Crippen molar-refractivity contribution in [3.05, 3.63) is 12.2 Å². The minimum Gasteiger partial charge on any atom is -0.303 e. The molecule has 0 saturated heterocycles. The summed E-state index contributed by atoms with van der Waals surface area (Å²) in [5, 5.41) is 0. The zero-order chi connectivity index (χ0) is 7.11. The molecule has 0 aromatic heterocycles. The fraction of sp³-hybridized carbons (Fsp3) is 0.625. The van der Waals surface area contributed by atoms with Crippen molar-refractivity contribution in [2.75, 3.05) is 0 Å². The van der Waals surface area contributed by atoms with Crippen molar-refractivity contribution in [3.63, 3.8) is 0 Å². The van der Waals surface area contributed by atoms with Crippen LogP contribution in [0.2, 0.25) is 0 Å². The monoisotopic (exact) mass is 126 g/mol. The van der Waals surface area contributed by atoms with Gasteiger partial charge in [-0.05, 0) is 12.3 Å². The van der Waals surface area contributed by atoms with Crippen molar-refractivity contribution in [2.45, 2.75) is 26.7 Å². The molecular weight excluding hydrogens is 112 g/mol. The van der Waals surface area contributed by atoms with E-state index in [1.165, 1.54) is 0 Å². The molecule has 0 amide bonds. The summed E-state index contributed by atoms with van der Waals surface area (Å²) in [5.74, 6) is 0.702. The molecule has 1 nitrogen and oxygen atoms in total. The summed E-state index contributed by atoms with van der Waals surface area (Å²) in [6.45, 7) is 4.32. The summed E-state index contributed by atoms with van der Waals surface area (Å²) < 4.78 is 0. The van der Waals surface area contributed by atoms with Gasteiger partial charge in [-0.3, -0.25) is 0 Å². The molecule has 0 fully saturated rings. The maximum absolute atomic E-state index is 9.80. The molecule has 0 rings (SSSR count). The van der Waals surface area contributed by atoms with E-state index in [0.29, 0.717) is 12.3 Å². The van der Waals surface area contributed by atoms with Crippen LogP contribution in [0, 0.1) is 5.92 Å². The Kier molecular flexibility index (Phi) is 5.18. The van der Waals surface area contributed by atoms with Crippen LogP contribution < -0.4 is 0 Å². The van der Waals surface area contributed by atoms with Gasteiger partial charge in [-0.1, -0.05) is 26.0 Å². The van der Waals surface area contributed by atoms with Gasteiger partial charge >= 0.3 is 0 Å². The summed E-state index contributed by atoms with van der Waals surface area (Å²) in [4.78, 5) is 9.80. The number of aldehydes is 1. The first-order valence-electron chi connectivity index (χ1n) is 3.36. The lowest BCUT2D eigenvalue weighted by molar-refractivity contribution is -0.107. The molecule has 0 bridgehead atoms. The second-order valence-corrected chi connectivity index (χ2v) is 2.50. The van der Waals surface area contributed by atoms with Crippen LogP contribution in [0.4, 0.5) is 0 Å². The fourth-order valence-electron chi connectivity index (χ4n) is 0.520. The zero-order valence-electron chi connectivity index (χ0n) is 6.13. The van der Waals surface area contributed by atoms with E-state index in [9.17, 15) is 4.79 Å². The van der Waals surface area contributed by atoms with Crippen molar-refractivity contribution in [1.82, 2.24) is 0 Å². The SMILES string of the molecule is CC(C)C/C=C/CC=O. The summed E-state index contributed by atoms with van der Waals surface area (Å²) >= 11 is 0. The van der Waals surface area contributed by atoms with Gasteiger partial charge in [0, 0.05) is 6.42 Å². The number of allylic oxidation sites excluding steroid dienone is 2. The lowest BCUT2D eigenvalue weighted by Gasteiger charge is -1.94. The van der Waals surface area contributed by atoms with Crippen LogP contribution in [0.25, 0.3) is 0 Å². The quantitative estimate of drug-likeness (QED) is 0.417. The molecule has 0 unspecified atom stereocenters. The molecule has 0 radical (unpaired) electrons. The number of carbonyl (C=O) groups is 1. The smallest absolute Gasteiger partial charge is 0.123 e. The first kappa shape index (κ1) is 8.41. The molecule has 0 aliphatic carbocycles. The van der Waals surface area contributed by atoms with E-state index in [-0.39, 0.29) is 0 Å². The van der Waals surface area contributed by atoms with Crippen LogP contribution in [-0.4, -0.2) is 6.29 Å². The van der Waals surface area contributed by atoms with Crippen LogP contribution in [0.15, 0.2) is 12.2 Å². The predicted molar refractivity (Wildman–Crippen MR) is 39.3 cm³/mol. The van der Waals surface area contributed by atoms with E-state index >= 15 is 0 Å². The average Bonchev–Trinajstić information content (AvgIpc) is 1.80. The second-order valence-electron chi connectivity index (χ2n) is 2.50. The Balaban J connectivity index is 3.14. The molecule has 9 heavy (non-hydrogen) atoms. The maximum Gasteiger partial charge on any atom is 0.123 e. The van der Waals surface area contributed by atoms with Gasteiger partial charge in [-0.2, -0.15) is 0 Å². The minimum atomic E-state index is 0.562. The first-order valence-corrected chi connectivity index (χ1v) is 3.36. The molecule has 1 heteroatoms. The van der Waals surface area contributed by atoms with Crippen LogP contribution >= 0.6 is 0 Å². The largest absolute Gasteiger partial charge is 0.303 e. The highest BCUT2D eigenvalue weighted by atomic mass is 16.1. The van der Waals surface area contributed by atoms with Crippen molar-refractivity contribution in [2.24, 2.45) is 5.92 Å². The van der Waals surface area contributed by atoms with E-state index in [4.69, 9.17) is 0 Å². The van der Waals surface area contributed by atoms with Crippen LogP contribution in [0.3, 0.4) is 0 Å².